The zero-order chi connectivity index (χ0) is 17.7. The number of aryl methyl sites for hydroxylation is 2. The normalized spacial score (nSPS) is 10.8. The molecule has 0 aliphatic carbocycles. The van der Waals surface area contributed by atoms with Crippen LogP contribution in [-0.4, -0.2) is 23.8 Å². The molecule has 2 aromatic rings. The van der Waals surface area contributed by atoms with Gasteiger partial charge in [-0.2, -0.15) is 5.10 Å². The summed E-state index contributed by atoms with van der Waals surface area (Å²) in [6.45, 7) is 3.79. The number of rotatable bonds is 5. The van der Waals surface area contributed by atoms with Gasteiger partial charge in [0, 0.05) is 10.0 Å². The second-order valence-corrected chi connectivity index (χ2v) is 7.25. The van der Waals surface area contributed by atoms with Gasteiger partial charge in [-0.15, -0.1) is 0 Å². The standard InChI is InChI=1S/C17H16BrIN2O3/c1-10-3-4-15(11(2)5-10)24-9-16(22)21-20-8-12-6-13(18)7-14(19)17(12)23/h3-8,23H,9H2,1-2H3,(H,21,22)/b20-8+. The summed E-state index contributed by atoms with van der Waals surface area (Å²) in [5, 5.41) is 13.8. The van der Waals surface area contributed by atoms with E-state index in [1.54, 1.807) is 12.1 Å². The Labute approximate surface area is 162 Å². The monoisotopic (exact) mass is 502 g/mol. The Kier molecular flexibility index (Phi) is 6.61. The number of hydrogen-bond donors (Lipinski definition) is 2. The van der Waals surface area contributed by atoms with Crippen LogP contribution >= 0.6 is 38.5 Å². The fourth-order valence-corrected chi connectivity index (χ4v) is 3.55. The summed E-state index contributed by atoms with van der Waals surface area (Å²) < 4.78 is 6.98. The number of nitrogens with zero attached hydrogens (tertiary/aromatic N) is 1. The van der Waals surface area contributed by atoms with Crippen molar-refractivity contribution in [1.82, 2.24) is 5.43 Å². The van der Waals surface area contributed by atoms with Crippen molar-refractivity contribution in [1.29, 1.82) is 0 Å². The number of carbonyl (C=O) groups excluding carboxylic acids is 1. The average Bonchev–Trinajstić information content (AvgIpc) is 2.51. The minimum Gasteiger partial charge on any atom is -0.506 e. The molecule has 7 heteroatoms. The molecule has 0 unspecified atom stereocenters. The summed E-state index contributed by atoms with van der Waals surface area (Å²) in [5.41, 5.74) is 4.99. The lowest BCUT2D eigenvalue weighted by atomic mass is 10.1. The van der Waals surface area contributed by atoms with Gasteiger partial charge in [0.15, 0.2) is 6.61 Å². The van der Waals surface area contributed by atoms with E-state index in [4.69, 9.17) is 4.74 Å². The molecule has 0 bridgehead atoms. The second kappa shape index (κ2) is 8.48. The summed E-state index contributed by atoms with van der Waals surface area (Å²) >= 11 is 5.36. The van der Waals surface area contributed by atoms with Gasteiger partial charge in [-0.25, -0.2) is 5.43 Å². The third-order valence-corrected chi connectivity index (χ3v) is 4.42. The van der Waals surface area contributed by atoms with Crippen molar-refractivity contribution in [2.24, 2.45) is 5.10 Å². The van der Waals surface area contributed by atoms with Crippen molar-refractivity contribution in [2.75, 3.05) is 6.61 Å². The number of carbonyl (C=O) groups is 1. The maximum atomic E-state index is 11.8. The van der Waals surface area contributed by atoms with E-state index in [0.29, 0.717) is 14.9 Å². The van der Waals surface area contributed by atoms with Crippen molar-refractivity contribution in [3.63, 3.8) is 0 Å². The van der Waals surface area contributed by atoms with Gasteiger partial charge in [0.05, 0.1) is 9.78 Å². The van der Waals surface area contributed by atoms with E-state index in [9.17, 15) is 9.90 Å². The van der Waals surface area contributed by atoms with Crippen LogP contribution in [-0.2, 0) is 4.79 Å². The summed E-state index contributed by atoms with van der Waals surface area (Å²) in [7, 11) is 0. The van der Waals surface area contributed by atoms with E-state index in [2.05, 4.69) is 26.5 Å². The highest BCUT2D eigenvalue weighted by Gasteiger charge is 2.06. The topological polar surface area (TPSA) is 70.9 Å². The van der Waals surface area contributed by atoms with Crippen molar-refractivity contribution in [3.8, 4) is 11.5 Å². The summed E-state index contributed by atoms with van der Waals surface area (Å²) in [4.78, 5) is 11.8. The van der Waals surface area contributed by atoms with Gasteiger partial charge in [-0.3, -0.25) is 4.79 Å². The van der Waals surface area contributed by atoms with Crippen LogP contribution in [0.25, 0.3) is 0 Å². The van der Waals surface area contributed by atoms with E-state index in [1.165, 1.54) is 6.21 Å². The Hall–Kier alpha value is -1.61. The number of hydrogen-bond acceptors (Lipinski definition) is 4. The molecule has 1 amide bonds. The molecule has 5 nitrogen and oxygen atoms in total. The Balaban J connectivity index is 1.91. The lowest BCUT2D eigenvalue weighted by molar-refractivity contribution is -0.123. The molecule has 0 fully saturated rings. The molecule has 0 radical (unpaired) electrons. The Morgan fingerprint density at radius 2 is 2.12 bits per heavy atom. The summed E-state index contributed by atoms with van der Waals surface area (Å²) in [5.74, 6) is 0.401. The number of aromatic hydroxyl groups is 1. The van der Waals surface area contributed by atoms with Gasteiger partial charge >= 0.3 is 0 Å². The Morgan fingerprint density at radius 3 is 2.83 bits per heavy atom. The molecule has 2 N–H and O–H groups in total. The van der Waals surface area contributed by atoms with E-state index >= 15 is 0 Å². The van der Waals surface area contributed by atoms with Gasteiger partial charge in [0.25, 0.3) is 5.91 Å². The zero-order valence-electron chi connectivity index (χ0n) is 13.1. The van der Waals surface area contributed by atoms with Crippen LogP contribution in [0.2, 0.25) is 0 Å². The van der Waals surface area contributed by atoms with Gasteiger partial charge in [0.1, 0.15) is 11.5 Å². The number of amides is 1. The SMILES string of the molecule is Cc1ccc(OCC(=O)N/N=C/c2cc(Br)cc(I)c2O)c(C)c1. The first kappa shape index (κ1) is 18.7. The number of nitrogens with one attached hydrogen (secondary N) is 1. The van der Waals surface area contributed by atoms with Crippen LogP contribution in [0, 0.1) is 17.4 Å². The first-order chi connectivity index (χ1) is 11.4. The number of ether oxygens (including phenoxy) is 1. The number of hydrazone groups is 1. The summed E-state index contributed by atoms with van der Waals surface area (Å²) in [6, 6.07) is 9.24. The van der Waals surface area contributed by atoms with Crippen molar-refractivity contribution >= 4 is 50.6 Å². The first-order valence-electron chi connectivity index (χ1n) is 7.07. The highest BCUT2D eigenvalue weighted by molar-refractivity contribution is 14.1. The molecule has 0 heterocycles. The molecule has 0 saturated carbocycles. The van der Waals surface area contributed by atoms with Crippen LogP contribution in [0.1, 0.15) is 16.7 Å². The Morgan fingerprint density at radius 1 is 1.38 bits per heavy atom. The number of benzene rings is 2. The molecule has 0 spiro atoms. The predicted molar refractivity (Wildman–Crippen MR) is 106 cm³/mol. The fraction of sp³-hybridized carbons (Fsp3) is 0.176. The van der Waals surface area contributed by atoms with Gasteiger partial charge in [0.2, 0.25) is 0 Å². The largest absolute Gasteiger partial charge is 0.506 e. The molecule has 2 rings (SSSR count). The molecule has 24 heavy (non-hydrogen) atoms. The average molecular weight is 503 g/mol. The minimum atomic E-state index is -0.379. The molecular weight excluding hydrogens is 487 g/mol. The maximum absolute atomic E-state index is 11.8. The highest BCUT2D eigenvalue weighted by Crippen LogP contribution is 2.27. The van der Waals surface area contributed by atoms with E-state index < -0.39 is 0 Å². The van der Waals surface area contributed by atoms with Crippen LogP contribution < -0.4 is 10.2 Å². The van der Waals surface area contributed by atoms with Crippen LogP contribution in [0.15, 0.2) is 39.9 Å². The highest BCUT2D eigenvalue weighted by atomic mass is 127. The molecule has 0 aliphatic rings. The van der Waals surface area contributed by atoms with Gasteiger partial charge < -0.3 is 9.84 Å². The minimum absolute atomic E-state index is 0.114. The van der Waals surface area contributed by atoms with Crippen molar-refractivity contribution in [3.05, 3.63) is 55.1 Å². The lowest BCUT2D eigenvalue weighted by Gasteiger charge is -2.08. The molecule has 0 aliphatic heterocycles. The quantitative estimate of drug-likeness (QED) is 0.370. The molecule has 2 aromatic carbocycles. The second-order valence-electron chi connectivity index (χ2n) is 5.18. The third-order valence-electron chi connectivity index (χ3n) is 3.14. The summed E-state index contributed by atoms with van der Waals surface area (Å²) in [6.07, 6.45) is 1.39. The third kappa shape index (κ3) is 5.20. The lowest BCUT2D eigenvalue weighted by Crippen LogP contribution is -2.24. The van der Waals surface area contributed by atoms with Crippen molar-refractivity contribution in [2.45, 2.75) is 13.8 Å². The molecule has 126 valence electrons. The number of phenols is 1. The van der Waals surface area contributed by atoms with E-state index in [-0.39, 0.29) is 18.3 Å². The molecule has 0 saturated heterocycles. The van der Waals surface area contributed by atoms with E-state index in [0.717, 1.165) is 15.6 Å². The van der Waals surface area contributed by atoms with Crippen LogP contribution in [0.5, 0.6) is 11.5 Å². The van der Waals surface area contributed by atoms with Gasteiger partial charge in [-0.05, 0) is 60.2 Å². The predicted octanol–water partition coefficient (Wildman–Crippen LogP) is 3.91. The Bertz CT molecular complexity index is 794. The molecule has 0 aromatic heterocycles. The van der Waals surface area contributed by atoms with E-state index in [1.807, 2.05) is 54.6 Å². The maximum Gasteiger partial charge on any atom is 0.277 e. The molecular formula is C17H16BrIN2O3. The molecule has 0 atom stereocenters. The fourth-order valence-electron chi connectivity index (χ4n) is 1.99. The number of halogens is 2. The smallest absolute Gasteiger partial charge is 0.277 e. The van der Waals surface area contributed by atoms with Crippen LogP contribution in [0.3, 0.4) is 0 Å². The number of phenolic OH excluding ortho intramolecular Hbond substituents is 1. The van der Waals surface area contributed by atoms with Crippen molar-refractivity contribution < 1.29 is 14.6 Å². The zero-order valence-corrected chi connectivity index (χ0v) is 16.9. The first-order valence-corrected chi connectivity index (χ1v) is 8.94. The van der Waals surface area contributed by atoms with Gasteiger partial charge in [-0.1, -0.05) is 33.6 Å². The van der Waals surface area contributed by atoms with Crippen LogP contribution in [0.4, 0.5) is 0 Å².